The molecule has 1 aromatic carbocycles. The van der Waals surface area contributed by atoms with Gasteiger partial charge in [0.05, 0.1) is 17.0 Å². The van der Waals surface area contributed by atoms with E-state index in [2.05, 4.69) is 0 Å². The normalized spacial score (nSPS) is 11.9. The minimum Gasteiger partial charge on any atom is -0.478 e. The predicted molar refractivity (Wildman–Crippen MR) is 71.6 cm³/mol. The van der Waals surface area contributed by atoms with Crippen LogP contribution in [-0.4, -0.2) is 42.3 Å². The summed E-state index contributed by atoms with van der Waals surface area (Å²) >= 11 is 0. The average molecular weight is 318 g/mol. The highest BCUT2D eigenvalue weighted by Gasteiger charge is 2.29. The lowest BCUT2D eigenvalue weighted by molar-refractivity contribution is -0.118. The van der Waals surface area contributed by atoms with Gasteiger partial charge in [-0.3, -0.25) is 4.79 Å². The molecule has 0 aliphatic heterocycles. The van der Waals surface area contributed by atoms with Crippen molar-refractivity contribution < 1.29 is 27.5 Å². The zero-order valence-electron chi connectivity index (χ0n) is 11.4. The third kappa shape index (κ3) is 3.76. The highest BCUT2D eigenvalue weighted by molar-refractivity contribution is 7.89. The molecule has 116 valence electrons. The summed E-state index contributed by atoms with van der Waals surface area (Å²) in [7, 11) is -4.17. The van der Waals surface area contributed by atoms with Gasteiger partial charge in [-0.05, 0) is 32.0 Å². The number of carboxylic acids is 1. The monoisotopic (exact) mass is 318 g/mol. The lowest BCUT2D eigenvalue weighted by Crippen LogP contribution is -2.42. The molecule has 0 radical (unpaired) electrons. The Morgan fingerprint density at radius 3 is 2.38 bits per heavy atom. The molecule has 0 bridgehead atoms. The number of carbonyl (C=O) groups is 2. The van der Waals surface area contributed by atoms with E-state index in [0.717, 1.165) is 16.4 Å². The quantitative estimate of drug-likeness (QED) is 0.787. The van der Waals surface area contributed by atoms with Gasteiger partial charge in [0.2, 0.25) is 15.9 Å². The molecule has 0 saturated carbocycles. The highest BCUT2D eigenvalue weighted by atomic mass is 32.2. The van der Waals surface area contributed by atoms with E-state index in [0.29, 0.717) is 6.07 Å². The van der Waals surface area contributed by atoms with Crippen molar-refractivity contribution in [2.75, 3.05) is 6.54 Å². The number of nitrogens with zero attached hydrogens (tertiary/aromatic N) is 1. The van der Waals surface area contributed by atoms with Crippen LogP contribution in [0.15, 0.2) is 23.1 Å². The van der Waals surface area contributed by atoms with Gasteiger partial charge in [-0.15, -0.1) is 0 Å². The second kappa shape index (κ2) is 6.19. The molecule has 0 aromatic heterocycles. The maximum Gasteiger partial charge on any atom is 0.338 e. The summed E-state index contributed by atoms with van der Waals surface area (Å²) in [5, 5.41) is 8.83. The first-order valence-corrected chi connectivity index (χ1v) is 7.34. The number of benzene rings is 1. The Morgan fingerprint density at radius 2 is 1.95 bits per heavy atom. The maximum atomic E-state index is 13.3. The van der Waals surface area contributed by atoms with Gasteiger partial charge in [0.1, 0.15) is 5.82 Å². The van der Waals surface area contributed by atoms with E-state index >= 15 is 0 Å². The number of nitrogens with two attached hydrogens (primary N) is 1. The Hall–Kier alpha value is -2.00. The third-order valence-corrected chi connectivity index (χ3v) is 4.68. The topological polar surface area (TPSA) is 118 Å². The van der Waals surface area contributed by atoms with Crippen LogP contribution in [0, 0.1) is 5.82 Å². The SMILES string of the molecule is CC(C)N(CC(N)=O)S(=O)(=O)c1ccc(F)c(C(=O)O)c1. The molecule has 7 nitrogen and oxygen atoms in total. The summed E-state index contributed by atoms with van der Waals surface area (Å²) in [6, 6.07) is 1.82. The number of amides is 1. The Morgan fingerprint density at radius 1 is 1.38 bits per heavy atom. The summed E-state index contributed by atoms with van der Waals surface area (Å²) in [6.07, 6.45) is 0. The molecular weight excluding hydrogens is 303 g/mol. The molecular formula is C12H15FN2O5S. The van der Waals surface area contributed by atoms with Crippen molar-refractivity contribution in [2.24, 2.45) is 5.73 Å². The van der Waals surface area contributed by atoms with Crippen molar-refractivity contribution in [3.05, 3.63) is 29.6 Å². The molecule has 9 heteroatoms. The second-order valence-corrected chi connectivity index (χ2v) is 6.45. The van der Waals surface area contributed by atoms with E-state index in [1.54, 1.807) is 0 Å². The maximum absolute atomic E-state index is 13.3. The molecule has 0 aliphatic carbocycles. The minimum absolute atomic E-state index is 0.420. The lowest BCUT2D eigenvalue weighted by Gasteiger charge is -2.24. The zero-order valence-corrected chi connectivity index (χ0v) is 12.2. The van der Waals surface area contributed by atoms with Gasteiger partial charge in [0, 0.05) is 6.04 Å². The molecule has 0 heterocycles. The van der Waals surface area contributed by atoms with Crippen molar-refractivity contribution in [2.45, 2.75) is 24.8 Å². The van der Waals surface area contributed by atoms with E-state index < -0.39 is 50.8 Å². The van der Waals surface area contributed by atoms with Crippen LogP contribution in [0.25, 0.3) is 0 Å². The van der Waals surface area contributed by atoms with Crippen LogP contribution in [0.3, 0.4) is 0 Å². The van der Waals surface area contributed by atoms with Crippen molar-refractivity contribution in [3.8, 4) is 0 Å². The van der Waals surface area contributed by atoms with Crippen LogP contribution in [0.4, 0.5) is 4.39 Å². The average Bonchev–Trinajstić information content (AvgIpc) is 2.35. The summed E-state index contributed by atoms with van der Waals surface area (Å²) in [4.78, 5) is 21.4. The van der Waals surface area contributed by atoms with Crippen molar-refractivity contribution >= 4 is 21.9 Å². The van der Waals surface area contributed by atoms with Gasteiger partial charge >= 0.3 is 5.97 Å². The molecule has 0 spiro atoms. The molecule has 0 unspecified atom stereocenters. The molecule has 1 aromatic rings. The van der Waals surface area contributed by atoms with Crippen LogP contribution in [0.1, 0.15) is 24.2 Å². The highest BCUT2D eigenvalue weighted by Crippen LogP contribution is 2.21. The minimum atomic E-state index is -4.17. The molecule has 1 amide bonds. The van der Waals surface area contributed by atoms with Gasteiger partial charge in [0.15, 0.2) is 0 Å². The fraction of sp³-hybridized carbons (Fsp3) is 0.333. The van der Waals surface area contributed by atoms with Crippen molar-refractivity contribution in [1.29, 1.82) is 0 Å². The Kier molecular flexibility index (Phi) is 5.02. The van der Waals surface area contributed by atoms with E-state index in [1.807, 2.05) is 0 Å². The number of hydrogen-bond donors (Lipinski definition) is 2. The van der Waals surface area contributed by atoms with E-state index in [4.69, 9.17) is 10.8 Å². The van der Waals surface area contributed by atoms with Gasteiger partial charge in [-0.25, -0.2) is 17.6 Å². The number of aromatic carboxylic acids is 1. The fourth-order valence-electron chi connectivity index (χ4n) is 1.66. The number of carboxylic acid groups (broad SMARTS) is 1. The Bertz CT molecular complexity index is 672. The number of primary amides is 1. The molecule has 3 N–H and O–H groups in total. The largest absolute Gasteiger partial charge is 0.478 e. The second-order valence-electron chi connectivity index (χ2n) is 4.56. The first-order valence-electron chi connectivity index (χ1n) is 5.90. The molecule has 0 fully saturated rings. The third-order valence-electron chi connectivity index (χ3n) is 2.66. The van der Waals surface area contributed by atoms with Gasteiger partial charge in [0.25, 0.3) is 0 Å². The van der Waals surface area contributed by atoms with Gasteiger partial charge in [-0.2, -0.15) is 4.31 Å². The number of rotatable bonds is 6. The van der Waals surface area contributed by atoms with Crippen LogP contribution >= 0.6 is 0 Å². The summed E-state index contributed by atoms with van der Waals surface area (Å²) in [6.45, 7) is 2.50. The van der Waals surface area contributed by atoms with E-state index in [9.17, 15) is 22.4 Å². The summed E-state index contributed by atoms with van der Waals surface area (Å²) in [5.41, 5.74) is 4.24. The standard InChI is InChI=1S/C12H15FN2O5S/c1-7(2)15(6-11(14)16)21(19,20)8-3-4-10(13)9(5-8)12(17)18/h3-5,7H,6H2,1-2H3,(H2,14,16)(H,17,18). The zero-order chi connectivity index (χ0) is 16.4. The molecule has 1 rings (SSSR count). The van der Waals surface area contributed by atoms with Crippen LogP contribution in [-0.2, 0) is 14.8 Å². The molecule has 0 aliphatic rings. The number of halogens is 1. The van der Waals surface area contributed by atoms with Gasteiger partial charge < -0.3 is 10.8 Å². The smallest absolute Gasteiger partial charge is 0.338 e. The van der Waals surface area contributed by atoms with Crippen molar-refractivity contribution in [1.82, 2.24) is 4.31 Å². The van der Waals surface area contributed by atoms with Gasteiger partial charge in [-0.1, -0.05) is 0 Å². The van der Waals surface area contributed by atoms with Crippen LogP contribution < -0.4 is 5.73 Å². The number of hydrogen-bond acceptors (Lipinski definition) is 4. The molecule has 21 heavy (non-hydrogen) atoms. The Balaban J connectivity index is 3.38. The Labute approximate surface area is 121 Å². The first kappa shape index (κ1) is 17.1. The summed E-state index contributed by atoms with van der Waals surface area (Å²) in [5.74, 6) is -3.49. The first-order chi connectivity index (χ1) is 9.57. The molecule has 0 atom stereocenters. The summed E-state index contributed by atoms with van der Waals surface area (Å²) < 4.78 is 38.9. The molecule has 0 saturated heterocycles. The fourth-order valence-corrected chi connectivity index (χ4v) is 3.29. The van der Waals surface area contributed by atoms with E-state index in [-0.39, 0.29) is 0 Å². The van der Waals surface area contributed by atoms with Crippen molar-refractivity contribution in [3.63, 3.8) is 0 Å². The van der Waals surface area contributed by atoms with Crippen LogP contribution in [0.2, 0.25) is 0 Å². The van der Waals surface area contributed by atoms with Crippen LogP contribution in [0.5, 0.6) is 0 Å². The number of carbonyl (C=O) groups excluding carboxylic acids is 1. The predicted octanol–water partition coefficient (Wildman–Crippen LogP) is 0.408. The van der Waals surface area contributed by atoms with E-state index in [1.165, 1.54) is 13.8 Å². The number of sulfonamides is 1. The lowest BCUT2D eigenvalue weighted by atomic mass is 10.2.